The molecular weight excluding hydrogens is 251 g/mol. The van der Waals surface area contributed by atoms with Crippen molar-refractivity contribution in [3.63, 3.8) is 0 Å². The van der Waals surface area contributed by atoms with Gasteiger partial charge in [-0.3, -0.25) is 4.79 Å². The summed E-state index contributed by atoms with van der Waals surface area (Å²) < 4.78 is 0. The van der Waals surface area contributed by atoms with Gasteiger partial charge in [-0.05, 0) is 12.1 Å². The van der Waals surface area contributed by atoms with Crippen molar-refractivity contribution in [1.82, 2.24) is 15.0 Å². The highest BCUT2D eigenvalue weighted by Crippen LogP contribution is 2.25. The van der Waals surface area contributed by atoms with E-state index in [2.05, 4.69) is 20.3 Å². The van der Waals surface area contributed by atoms with E-state index in [4.69, 9.17) is 23.2 Å². The molecule has 0 aliphatic rings. The second kappa shape index (κ2) is 4.51. The summed E-state index contributed by atoms with van der Waals surface area (Å²) in [6, 6.07) is 3.34. The fourth-order valence-electron chi connectivity index (χ4n) is 1.08. The second-order valence-corrected chi connectivity index (χ2v) is 3.60. The van der Waals surface area contributed by atoms with Gasteiger partial charge in [0.1, 0.15) is 17.0 Å². The van der Waals surface area contributed by atoms with Gasteiger partial charge in [-0.1, -0.05) is 23.2 Å². The summed E-state index contributed by atoms with van der Waals surface area (Å²) in [5.74, 6) is -0.164. The average molecular weight is 257 g/mol. The van der Waals surface area contributed by atoms with Crippen LogP contribution in [0.5, 0.6) is 0 Å². The molecule has 2 aromatic heterocycles. The van der Waals surface area contributed by atoms with Gasteiger partial charge < -0.3 is 10.3 Å². The first-order valence-electron chi connectivity index (χ1n) is 4.29. The summed E-state index contributed by atoms with van der Waals surface area (Å²) >= 11 is 11.5. The van der Waals surface area contributed by atoms with Crippen LogP contribution < -0.4 is 5.32 Å². The van der Waals surface area contributed by atoms with Gasteiger partial charge in [-0.25, -0.2) is 9.97 Å². The summed E-state index contributed by atoms with van der Waals surface area (Å²) in [6.45, 7) is 0. The van der Waals surface area contributed by atoms with E-state index in [1.807, 2.05) is 0 Å². The number of rotatable bonds is 2. The summed E-state index contributed by atoms with van der Waals surface area (Å²) in [4.78, 5) is 21.9. The normalized spacial score (nSPS) is 10.1. The Kier molecular flexibility index (Phi) is 3.07. The molecule has 82 valence electrons. The predicted molar refractivity (Wildman–Crippen MR) is 60.8 cm³/mol. The van der Waals surface area contributed by atoms with E-state index in [9.17, 15) is 4.79 Å². The van der Waals surface area contributed by atoms with Gasteiger partial charge >= 0.3 is 0 Å². The third-order valence-electron chi connectivity index (χ3n) is 1.82. The Morgan fingerprint density at radius 1 is 1.38 bits per heavy atom. The van der Waals surface area contributed by atoms with Gasteiger partial charge in [-0.15, -0.1) is 0 Å². The Labute approximate surface area is 101 Å². The molecule has 0 fully saturated rings. The lowest BCUT2D eigenvalue weighted by atomic mass is 10.4. The minimum atomic E-state index is -0.346. The maximum atomic E-state index is 11.6. The smallest absolute Gasteiger partial charge is 0.273 e. The molecule has 2 N–H and O–H groups in total. The quantitative estimate of drug-likeness (QED) is 0.811. The molecule has 0 aliphatic heterocycles. The Morgan fingerprint density at radius 2 is 2.19 bits per heavy atom. The van der Waals surface area contributed by atoms with Crippen LogP contribution in [0.25, 0.3) is 0 Å². The summed E-state index contributed by atoms with van der Waals surface area (Å²) in [7, 11) is 0. The van der Waals surface area contributed by atoms with Crippen LogP contribution in [0.2, 0.25) is 10.2 Å². The number of aromatic nitrogens is 3. The molecule has 0 spiro atoms. The van der Waals surface area contributed by atoms with Crippen molar-refractivity contribution >= 4 is 34.9 Å². The molecule has 16 heavy (non-hydrogen) atoms. The van der Waals surface area contributed by atoms with E-state index in [-0.39, 0.29) is 21.9 Å². The number of H-pyrrole nitrogens is 1. The highest BCUT2D eigenvalue weighted by atomic mass is 35.5. The molecule has 2 heterocycles. The van der Waals surface area contributed by atoms with E-state index >= 15 is 0 Å². The van der Waals surface area contributed by atoms with Crippen LogP contribution in [0, 0.1) is 0 Å². The van der Waals surface area contributed by atoms with Crippen LogP contribution in [0.4, 0.5) is 5.82 Å². The molecule has 0 saturated carbocycles. The van der Waals surface area contributed by atoms with Gasteiger partial charge in [0, 0.05) is 6.20 Å². The molecule has 5 nitrogen and oxygen atoms in total. The monoisotopic (exact) mass is 256 g/mol. The third-order valence-corrected chi connectivity index (χ3v) is 2.56. The number of nitrogens with one attached hydrogen (secondary N) is 2. The molecule has 2 aromatic rings. The first kappa shape index (κ1) is 10.9. The number of hydrogen-bond donors (Lipinski definition) is 2. The minimum Gasteiger partial charge on any atom is -0.357 e. The van der Waals surface area contributed by atoms with Gasteiger partial charge in [0.2, 0.25) is 0 Å². The second-order valence-electron chi connectivity index (χ2n) is 2.86. The first-order chi connectivity index (χ1) is 7.68. The zero-order valence-electron chi connectivity index (χ0n) is 7.87. The first-order valence-corrected chi connectivity index (χ1v) is 5.05. The van der Waals surface area contributed by atoms with Crippen molar-refractivity contribution in [2.75, 3.05) is 5.32 Å². The minimum absolute atomic E-state index is 0.0958. The van der Waals surface area contributed by atoms with Crippen molar-refractivity contribution < 1.29 is 4.79 Å². The lowest BCUT2D eigenvalue weighted by Crippen LogP contribution is -2.13. The molecule has 0 aliphatic carbocycles. The standard InChI is InChI=1S/C9H6Cl2N4O/c10-6-7(11)13-4-14-8(6)15-9(16)5-2-1-3-12-5/h1-4,12H,(H,13,14,15,16). The lowest BCUT2D eigenvalue weighted by Gasteiger charge is -2.04. The van der Waals surface area contributed by atoms with Crippen LogP contribution in [0.3, 0.4) is 0 Å². The number of aromatic amines is 1. The third kappa shape index (κ3) is 2.15. The number of nitrogens with zero attached hydrogens (tertiary/aromatic N) is 2. The van der Waals surface area contributed by atoms with E-state index in [1.54, 1.807) is 18.3 Å². The zero-order valence-corrected chi connectivity index (χ0v) is 9.38. The Bertz CT molecular complexity index is 512. The van der Waals surface area contributed by atoms with E-state index in [1.165, 1.54) is 6.33 Å². The molecule has 0 bridgehead atoms. The maximum absolute atomic E-state index is 11.6. The Hall–Kier alpha value is -1.59. The number of amides is 1. The molecule has 0 radical (unpaired) electrons. The molecule has 0 unspecified atom stereocenters. The van der Waals surface area contributed by atoms with Crippen LogP contribution in [0.1, 0.15) is 10.5 Å². The Morgan fingerprint density at radius 3 is 2.88 bits per heavy atom. The number of anilines is 1. The summed E-state index contributed by atoms with van der Waals surface area (Å²) in [5.41, 5.74) is 0.408. The van der Waals surface area contributed by atoms with Gasteiger partial charge in [0.15, 0.2) is 11.0 Å². The SMILES string of the molecule is O=C(Nc1ncnc(Cl)c1Cl)c1ccc[nH]1. The van der Waals surface area contributed by atoms with Crippen molar-refractivity contribution in [3.8, 4) is 0 Å². The topological polar surface area (TPSA) is 70.7 Å². The fraction of sp³-hybridized carbons (Fsp3) is 0. The number of carbonyl (C=O) groups is 1. The fourth-order valence-corrected chi connectivity index (χ4v) is 1.36. The molecule has 0 aromatic carbocycles. The van der Waals surface area contributed by atoms with Gasteiger partial charge in [-0.2, -0.15) is 0 Å². The molecular formula is C9H6Cl2N4O. The highest BCUT2D eigenvalue weighted by molar-refractivity contribution is 6.43. The number of hydrogen-bond acceptors (Lipinski definition) is 3. The van der Waals surface area contributed by atoms with E-state index in [0.717, 1.165) is 0 Å². The maximum Gasteiger partial charge on any atom is 0.273 e. The average Bonchev–Trinajstić information content (AvgIpc) is 2.78. The van der Waals surface area contributed by atoms with Crippen molar-refractivity contribution in [2.45, 2.75) is 0 Å². The van der Waals surface area contributed by atoms with Crippen molar-refractivity contribution in [3.05, 3.63) is 40.5 Å². The Balaban J connectivity index is 2.22. The predicted octanol–water partition coefficient (Wildman–Crippen LogP) is 2.36. The summed E-state index contributed by atoms with van der Waals surface area (Å²) in [5, 5.41) is 2.73. The van der Waals surface area contributed by atoms with Crippen LogP contribution in [-0.4, -0.2) is 20.9 Å². The molecule has 1 amide bonds. The van der Waals surface area contributed by atoms with Crippen LogP contribution in [0.15, 0.2) is 24.7 Å². The van der Waals surface area contributed by atoms with E-state index < -0.39 is 0 Å². The molecule has 2 rings (SSSR count). The molecule has 7 heteroatoms. The zero-order chi connectivity index (χ0) is 11.5. The molecule has 0 saturated heterocycles. The molecule has 0 atom stereocenters. The largest absolute Gasteiger partial charge is 0.357 e. The van der Waals surface area contributed by atoms with Gasteiger partial charge in [0.05, 0.1) is 0 Å². The number of carbonyl (C=O) groups excluding carboxylic acids is 1. The lowest BCUT2D eigenvalue weighted by molar-refractivity contribution is 0.102. The van der Waals surface area contributed by atoms with Crippen LogP contribution in [-0.2, 0) is 0 Å². The number of halogens is 2. The van der Waals surface area contributed by atoms with Crippen LogP contribution >= 0.6 is 23.2 Å². The van der Waals surface area contributed by atoms with E-state index in [0.29, 0.717) is 5.69 Å². The van der Waals surface area contributed by atoms with Crippen molar-refractivity contribution in [2.24, 2.45) is 0 Å². The highest BCUT2D eigenvalue weighted by Gasteiger charge is 2.12. The van der Waals surface area contributed by atoms with Crippen molar-refractivity contribution in [1.29, 1.82) is 0 Å². The summed E-state index contributed by atoms with van der Waals surface area (Å²) in [6.07, 6.45) is 2.86. The van der Waals surface area contributed by atoms with Gasteiger partial charge in [0.25, 0.3) is 5.91 Å².